The number of anilines is 2. The summed E-state index contributed by atoms with van der Waals surface area (Å²) in [7, 11) is 2.10. The molecule has 1 N–H and O–H groups in total. The molecule has 1 aromatic heterocycles. The molecule has 0 aliphatic heterocycles. The molecule has 1 rings (SSSR count). The summed E-state index contributed by atoms with van der Waals surface area (Å²) in [5, 5.41) is 3.39. The molecule has 0 unspecified atom stereocenters. The van der Waals surface area contributed by atoms with Gasteiger partial charge < -0.3 is 10.2 Å². The summed E-state index contributed by atoms with van der Waals surface area (Å²) in [6.07, 6.45) is 1.09. The van der Waals surface area contributed by atoms with Crippen molar-refractivity contribution in [1.29, 1.82) is 0 Å². The van der Waals surface area contributed by atoms with E-state index in [2.05, 4.69) is 76.8 Å². The smallest absolute Gasteiger partial charge is 0.138 e. The van der Waals surface area contributed by atoms with Crippen molar-refractivity contribution in [1.82, 2.24) is 9.97 Å². The average Bonchev–Trinajstić information content (AvgIpc) is 2.33. The molecule has 0 aromatic carbocycles. The highest BCUT2D eigenvalue weighted by Gasteiger charge is 2.21. The SMILES string of the molecule is CCCNc1cc(N(C)CC(C)(C)C)nc(C(C)(C)C)n1. The topological polar surface area (TPSA) is 41.0 Å². The first-order valence-corrected chi connectivity index (χ1v) is 7.87. The predicted octanol–water partition coefficient (Wildman–Crippen LogP) is 4.08. The highest BCUT2D eigenvalue weighted by molar-refractivity contribution is 5.49. The van der Waals surface area contributed by atoms with Crippen molar-refractivity contribution in [2.24, 2.45) is 5.41 Å². The number of aromatic nitrogens is 2. The van der Waals surface area contributed by atoms with E-state index in [1.54, 1.807) is 0 Å². The third-order valence-corrected chi connectivity index (χ3v) is 3.04. The Morgan fingerprint density at radius 2 is 1.71 bits per heavy atom. The molecular weight excluding hydrogens is 260 g/mol. The van der Waals surface area contributed by atoms with Gasteiger partial charge in [-0.05, 0) is 11.8 Å². The van der Waals surface area contributed by atoms with Crippen LogP contribution in [-0.4, -0.2) is 30.1 Å². The van der Waals surface area contributed by atoms with Gasteiger partial charge in [0.1, 0.15) is 17.5 Å². The molecule has 0 saturated heterocycles. The number of hydrogen-bond donors (Lipinski definition) is 1. The Morgan fingerprint density at radius 3 is 2.19 bits per heavy atom. The van der Waals surface area contributed by atoms with Crippen LogP contribution in [0.3, 0.4) is 0 Å². The van der Waals surface area contributed by atoms with Crippen molar-refractivity contribution < 1.29 is 0 Å². The normalized spacial score (nSPS) is 12.4. The second-order valence-electron chi connectivity index (χ2n) is 8.03. The van der Waals surface area contributed by atoms with Crippen molar-refractivity contribution >= 4 is 11.6 Å². The molecule has 21 heavy (non-hydrogen) atoms. The number of nitrogens with one attached hydrogen (secondary N) is 1. The van der Waals surface area contributed by atoms with Gasteiger partial charge in [-0.15, -0.1) is 0 Å². The lowest BCUT2D eigenvalue weighted by Gasteiger charge is -2.29. The van der Waals surface area contributed by atoms with Crippen LogP contribution >= 0.6 is 0 Å². The van der Waals surface area contributed by atoms with E-state index in [9.17, 15) is 0 Å². The minimum atomic E-state index is -0.0543. The van der Waals surface area contributed by atoms with Crippen molar-refractivity contribution in [2.75, 3.05) is 30.4 Å². The van der Waals surface area contributed by atoms with Crippen LogP contribution in [0.4, 0.5) is 11.6 Å². The minimum absolute atomic E-state index is 0.0543. The van der Waals surface area contributed by atoms with Crippen LogP contribution in [0.25, 0.3) is 0 Å². The quantitative estimate of drug-likeness (QED) is 0.888. The van der Waals surface area contributed by atoms with E-state index in [1.165, 1.54) is 0 Å². The third kappa shape index (κ3) is 5.90. The summed E-state index contributed by atoms with van der Waals surface area (Å²) < 4.78 is 0. The van der Waals surface area contributed by atoms with Gasteiger partial charge in [0.05, 0.1) is 0 Å². The molecule has 4 heteroatoms. The van der Waals surface area contributed by atoms with Gasteiger partial charge in [0.15, 0.2) is 0 Å². The second kappa shape index (κ2) is 6.63. The standard InChI is InChI=1S/C17H32N4/c1-9-10-18-13-11-14(21(8)12-16(2,3)4)20-15(19-13)17(5,6)7/h11H,9-10,12H2,1-8H3,(H,18,19,20). The Hall–Kier alpha value is -1.32. The van der Waals surface area contributed by atoms with Crippen LogP contribution in [-0.2, 0) is 5.41 Å². The molecule has 0 saturated carbocycles. The average molecular weight is 292 g/mol. The molecule has 1 aromatic rings. The molecule has 0 bridgehead atoms. The predicted molar refractivity (Wildman–Crippen MR) is 92.2 cm³/mol. The lowest BCUT2D eigenvalue weighted by Crippen LogP contribution is -2.31. The van der Waals surface area contributed by atoms with Gasteiger partial charge in [0.2, 0.25) is 0 Å². The number of rotatable bonds is 5. The molecule has 0 aliphatic carbocycles. The largest absolute Gasteiger partial charge is 0.370 e. The van der Waals surface area contributed by atoms with Crippen LogP contribution in [0.15, 0.2) is 6.07 Å². The maximum absolute atomic E-state index is 4.77. The van der Waals surface area contributed by atoms with E-state index >= 15 is 0 Å². The van der Waals surface area contributed by atoms with E-state index in [-0.39, 0.29) is 10.8 Å². The van der Waals surface area contributed by atoms with Crippen molar-refractivity contribution in [3.8, 4) is 0 Å². The fraction of sp³-hybridized carbons (Fsp3) is 0.765. The van der Waals surface area contributed by atoms with Gasteiger partial charge in [-0.1, -0.05) is 48.5 Å². The van der Waals surface area contributed by atoms with E-state index in [1.807, 2.05) is 0 Å². The molecule has 0 spiro atoms. The summed E-state index contributed by atoms with van der Waals surface area (Å²) in [5.74, 6) is 2.80. The van der Waals surface area contributed by atoms with E-state index in [0.717, 1.165) is 37.0 Å². The van der Waals surface area contributed by atoms with Gasteiger partial charge >= 0.3 is 0 Å². The summed E-state index contributed by atoms with van der Waals surface area (Å²) in [5.41, 5.74) is 0.180. The zero-order valence-electron chi connectivity index (χ0n) is 15.0. The summed E-state index contributed by atoms with van der Waals surface area (Å²) in [6.45, 7) is 17.2. The third-order valence-electron chi connectivity index (χ3n) is 3.04. The van der Waals surface area contributed by atoms with Crippen LogP contribution in [0.5, 0.6) is 0 Å². The molecule has 0 fully saturated rings. The fourth-order valence-corrected chi connectivity index (χ4v) is 2.10. The Morgan fingerprint density at radius 1 is 1.10 bits per heavy atom. The fourth-order valence-electron chi connectivity index (χ4n) is 2.10. The minimum Gasteiger partial charge on any atom is -0.370 e. The zero-order valence-corrected chi connectivity index (χ0v) is 15.0. The van der Waals surface area contributed by atoms with Gasteiger partial charge in [-0.2, -0.15) is 0 Å². The van der Waals surface area contributed by atoms with Crippen LogP contribution in [0, 0.1) is 5.41 Å². The van der Waals surface area contributed by atoms with E-state index in [0.29, 0.717) is 0 Å². The van der Waals surface area contributed by atoms with Gasteiger partial charge in [-0.3, -0.25) is 0 Å². The summed E-state index contributed by atoms with van der Waals surface area (Å²) in [4.78, 5) is 11.7. The maximum atomic E-state index is 4.77. The Balaban J connectivity index is 3.12. The first kappa shape index (κ1) is 17.7. The monoisotopic (exact) mass is 292 g/mol. The van der Waals surface area contributed by atoms with Crippen molar-refractivity contribution in [3.63, 3.8) is 0 Å². The lowest BCUT2D eigenvalue weighted by molar-refractivity contribution is 0.417. The van der Waals surface area contributed by atoms with Crippen LogP contribution in [0.1, 0.15) is 60.7 Å². The van der Waals surface area contributed by atoms with Crippen molar-refractivity contribution in [2.45, 2.75) is 60.3 Å². The molecule has 0 radical (unpaired) electrons. The van der Waals surface area contributed by atoms with Crippen molar-refractivity contribution in [3.05, 3.63) is 11.9 Å². The first-order chi connectivity index (χ1) is 9.53. The summed E-state index contributed by atoms with van der Waals surface area (Å²) >= 11 is 0. The highest BCUT2D eigenvalue weighted by atomic mass is 15.2. The number of nitrogens with zero attached hydrogens (tertiary/aromatic N) is 3. The second-order valence-corrected chi connectivity index (χ2v) is 8.03. The molecule has 1 heterocycles. The first-order valence-electron chi connectivity index (χ1n) is 7.87. The van der Waals surface area contributed by atoms with E-state index < -0.39 is 0 Å². The summed E-state index contributed by atoms with van der Waals surface area (Å²) in [6, 6.07) is 2.05. The van der Waals surface area contributed by atoms with Gasteiger partial charge in [0, 0.05) is 31.6 Å². The molecule has 4 nitrogen and oxygen atoms in total. The van der Waals surface area contributed by atoms with Gasteiger partial charge in [-0.25, -0.2) is 9.97 Å². The molecule has 120 valence electrons. The van der Waals surface area contributed by atoms with Gasteiger partial charge in [0.25, 0.3) is 0 Å². The number of hydrogen-bond acceptors (Lipinski definition) is 4. The molecule has 0 atom stereocenters. The zero-order chi connectivity index (χ0) is 16.3. The molecular formula is C17H32N4. The van der Waals surface area contributed by atoms with E-state index in [4.69, 9.17) is 4.98 Å². The lowest BCUT2D eigenvalue weighted by atomic mass is 9.95. The molecule has 0 amide bonds. The molecule has 0 aliphatic rings. The Labute approximate surface area is 130 Å². The Bertz CT molecular complexity index is 455. The van der Waals surface area contributed by atoms with Crippen LogP contribution < -0.4 is 10.2 Å². The Kier molecular flexibility index (Phi) is 5.60. The highest BCUT2D eigenvalue weighted by Crippen LogP contribution is 2.25. The van der Waals surface area contributed by atoms with Crippen LogP contribution in [0.2, 0.25) is 0 Å². The maximum Gasteiger partial charge on any atom is 0.138 e.